The third-order valence-corrected chi connectivity index (χ3v) is 5.73. The van der Waals surface area contributed by atoms with Crippen molar-refractivity contribution in [3.8, 4) is 0 Å². The highest BCUT2D eigenvalue weighted by molar-refractivity contribution is 7.99. The Morgan fingerprint density at radius 3 is 2.89 bits per heavy atom. The number of thioether (sulfide) groups is 1. The Kier molecular flexibility index (Phi) is 5.61. The number of ether oxygens (including phenoxy) is 1. The molecule has 3 rings (SSSR count). The van der Waals surface area contributed by atoms with Crippen LogP contribution in [-0.4, -0.2) is 44.2 Å². The summed E-state index contributed by atoms with van der Waals surface area (Å²) in [4.78, 5) is 50.7. The molecule has 0 bridgehead atoms. The molecule has 3 aromatic rings. The van der Waals surface area contributed by atoms with Crippen LogP contribution in [0.2, 0.25) is 0 Å². The van der Waals surface area contributed by atoms with Crippen LogP contribution < -0.4 is 10.9 Å². The van der Waals surface area contributed by atoms with Gasteiger partial charge in [-0.1, -0.05) is 11.8 Å². The lowest BCUT2D eigenvalue weighted by Gasteiger charge is -2.07. The molecule has 3 heterocycles. The number of thiophene rings is 1. The Bertz CT molecular complexity index is 1070. The van der Waals surface area contributed by atoms with E-state index in [4.69, 9.17) is 4.74 Å². The van der Waals surface area contributed by atoms with E-state index < -0.39 is 5.97 Å². The largest absolute Gasteiger partial charge is 0.462 e. The van der Waals surface area contributed by atoms with Crippen molar-refractivity contribution in [3.05, 3.63) is 32.7 Å². The molecule has 0 spiro atoms. The molecule has 0 atom stereocenters. The van der Waals surface area contributed by atoms with Crippen LogP contribution in [0.3, 0.4) is 0 Å². The summed E-state index contributed by atoms with van der Waals surface area (Å²) in [6, 6.07) is 0. The average molecular weight is 407 g/mol. The Morgan fingerprint density at radius 2 is 2.15 bits per heavy atom. The molecule has 0 fully saturated rings. The first-order valence-corrected chi connectivity index (χ1v) is 9.84. The van der Waals surface area contributed by atoms with E-state index in [1.807, 2.05) is 13.8 Å². The fourth-order valence-corrected chi connectivity index (χ4v) is 4.07. The minimum absolute atomic E-state index is 0.0110. The zero-order valence-electron chi connectivity index (χ0n) is 14.8. The van der Waals surface area contributed by atoms with Crippen LogP contribution in [0.25, 0.3) is 11.2 Å². The number of carbonyl (C=O) groups excluding carboxylic acids is 2. The highest BCUT2D eigenvalue weighted by Crippen LogP contribution is 2.33. The van der Waals surface area contributed by atoms with Gasteiger partial charge in [-0.25, -0.2) is 14.8 Å². The number of imidazole rings is 1. The van der Waals surface area contributed by atoms with Crippen LogP contribution in [0.15, 0.2) is 16.3 Å². The first-order chi connectivity index (χ1) is 12.9. The molecule has 0 saturated carbocycles. The van der Waals surface area contributed by atoms with Gasteiger partial charge in [0.15, 0.2) is 16.3 Å². The number of rotatable bonds is 6. The van der Waals surface area contributed by atoms with Crippen molar-refractivity contribution in [1.29, 1.82) is 0 Å². The van der Waals surface area contributed by atoms with Crippen molar-refractivity contribution in [2.24, 2.45) is 0 Å². The lowest BCUT2D eigenvalue weighted by molar-refractivity contribution is -0.113. The van der Waals surface area contributed by atoms with Gasteiger partial charge in [0.1, 0.15) is 5.00 Å². The number of aromatic amines is 2. The van der Waals surface area contributed by atoms with Crippen molar-refractivity contribution in [2.75, 3.05) is 17.7 Å². The maximum atomic E-state index is 12.3. The average Bonchev–Trinajstić information content (AvgIpc) is 3.19. The molecular formula is C16H17N5O4S2. The fraction of sp³-hybridized carbons (Fsp3) is 0.312. The molecule has 27 heavy (non-hydrogen) atoms. The number of amides is 1. The monoisotopic (exact) mass is 407 g/mol. The molecule has 0 aliphatic heterocycles. The third-order valence-electron chi connectivity index (χ3n) is 3.73. The zero-order valence-corrected chi connectivity index (χ0v) is 16.5. The Hall–Kier alpha value is -2.66. The second kappa shape index (κ2) is 7.92. The number of hydrogen-bond acceptors (Lipinski definition) is 8. The summed E-state index contributed by atoms with van der Waals surface area (Å²) in [6.07, 6.45) is 1.38. The van der Waals surface area contributed by atoms with Crippen LogP contribution in [0.5, 0.6) is 0 Å². The van der Waals surface area contributed by atoms with Gasteiger partial charge in [0.05, 0.1) is 24.3 Å². The number of anilines is 1. The van der Waals surface area contributed by atoms with Crippen LogP contribution >= 0.6 is 23.1 Å². The third kappa shape index (κ3) is 4.03. The number of carbonyl (C=O) groups is 2. The molecule has 0 unspecified atom stereocenters. The van der Waals surface area contributed by atoms with Crippen LogP contribution in [-0.2, 0) is 9.53 Å². The van der Waals surface area contributed by atoms with Crippen molar-refractivity contribution in [2.45, 2.75) is 25.9 Å². The van der Waals surface area contributed by atoms with E-state index in [2.05, 4.69) is 25.3 Å². The second-order valence-corrected chi connectivity index (χ2v) is 7.71. The first-order valence-electron chi connectivity index (χ1n) is 8.03. The lowest BCUT2D eigenvalue weighted by Crippen LogP contribution is -2.17. The zero-order chi connectivity index (χ0) is 19.6. The molecule has 0 aromatic carbocycles. The summed E-state index contributed by atoms with van der Waals surface area (Å²) in [7, 11) is 0. The number of nitrogens with one attached hydrogen (secondary N) is 3. The number of aromatic nitrogens is 4. The van der Waals surface area contributed by atoms with E-state index in [9.17, 15) is 14.4 Å². The van der Waals surface area contributed by atoms with Gasteiger partial charge in [0.2, 0.25) is 5.91 Å². The Morgan fingerprint density at radius 1 is 1.37 bits per heavy atom. The van der Waals surface area contributed by atoms with Crippen LogP contribution in [0, 0.1) is 13.8 Å². The maximum Gasteiger partial charge on any atom is 0.341 e. The maximum absolute atomic E-state index is 12.3. The molecular weight excluding hydrogens is 390 g/mol. The molecule has 9 nitrogen and oxygen atoms in total. The van der Waals surface area contributed by atoms with Gasteiger partial charge >= 0.3 is 5.97 Å². The Balaban J connectivity index is 1.71. The lowest BCUT2D eigenvalue weighted by atomic mass is 10.1. The van der Waals surface area contributed by atoms with Gasteiger partial charge in [0, 0.05) is 4.88 Å². The minimum atomic E-state index is -0.461. The van der Waals surface area contributed by atoms with E-state index in [1.54, 1.807) is 6.92 Å². The number of hydrogen-bond donors (Lipinski definition) is 3. The summed E-state index contributed by atoms with van der Waals surface area (Å²) in [6.45, 7) is 5.67. The predicted molar refractivity (Wildman–Crippen MR) is 104 cm³/mol. The SMILES string of the molecule is CCOC(=O)c1c(NC(=O)CSc2nc3nc[nH]c3c(=O)[nH]2)sc(C)c1C. The fourth-order valence-electron chi connectivity index (χ4n) is 2.35. The number of esters is 1. The van der Waals surface area contributed by atoms with Crippen LogP contribution in [0.1, 0.15) is 27.7 Å². The normalized spacial score (nSPS) is 10.9. The number of H-pyrrole nitrogens is 2. The summed E-state index contributed by atoms with van der Waals surface area (Å²) < 4.78 is 5.07. The van der Waals surface area contributed by atoms with Gasteiger partial charge in [-0.15, -0.1) is 11.3 Å². The van der Waals surface area contributed by atoms with E-state index in [0.717, 1.165) is 22.2 Å². The predicted octanol–water partition coefficient (Wildman–Crippen LogP) is 2.23. The van der Waals surface area contributed by atoms with E-state index in [0.29, 0.717) is 15.7 Å². The van der Waals surface area contributed by atoms with Gasteiger partial charge in [-0.2, -0.15) is 0 Å². The smallest absolute Gasteiger partial charge is 0.341 e. The number of fused-ring (bicyclic) bond motifs is 1. The molecule has 11 heteroatoms. The number of aryl methyl sites for hydroxylation is 1. The molecule has 3 aromatic heterocycles. The second-order valence-electron chi connectivity index (χ2n) is 5.52. The minimum Gasteiger partial charge on any atom is -0.462 e. The van der Waals surface area contributed by atoms with Gasteiger partial charge in [0.25, 0.3) is 5.56 Å². The number of nitrogens with zero attached hydrogens (tertiary/aromatic N) is 2. The van der Waals surface area contributed by atoms with Crippen molar-refractivity contribution in [3.63, 3.8) is 0 Å². The molecule has 3 N–H and O–H groups in total. The first kappa shape index (κ1) is 19.1. The Labute approximate surface area is 162 Å². The highest BCUT2D eigenvalue weighted by Gasteiger charge is 2.22. The van der Waals surface area contributed by atoms with Crippen molar-refractivity contribution >= 4 is 51.1 Å². The van der Waals surface area contributed by atoms with Gasteiger partial charge < -0.3 is 15.0 Å². The molecule has 0 saturated heterocycles. The topological polar surface area (TPSA) is 130 Å². The summed E-state index contributed by atoms with van der Waals surface area (Å²) in [5.74, 6) is -0.772. The summed E-state index contributed by atoms with van der Waals surface area (Å²) in [5, 5.41) is 3.49. The van der Waals surface area contributed by atoms with Crippen LogP contribution in [0.4, 0.5) is 5.00 Å². The highest BCUT2D eigenvalue weighted by atomic mass is 32.2. The van der Waals surface area contributed by atoms with Gasteiger partial charge in [-0.05, 0) is 26.3 Å². The van der Waals surface area contributed by atoms with E-state index in [-0.39, 0.29) is 35.0 Å². The van der Waals surface area contributed by atoms with Crippen molar-refractivity contribution in [1.82, 2.24) is 19.9 Å². The van der Waals surface area contributed by atoms with Crippen molar-refractivity contribution < 1.29 is 14.3 Å². The molecule has 142 valence electrons. The molecule has 0 radical (unpaired) electrons. The summed E-state index contributed by atoms with van der Waals surface area (Å²) >= 11 is 2.39. The van der Waals surface area contributed by atoms with E-state index in [1.165, 1.54) is 17.7 Å². The standard InChI is InChI=1S/C16H17N5O4S2/c1-4-25-15(24)10-7(2)8(3)27-14(10)19-9(22)5-26-16-20-12-11(13(23)21-16)17-6-18-12/h6H,4-5H2,1-3H3,(H,19,22)(H2,17,18,20,21,23). The van der Waals surface area contributed by atoms with Gasteiger partial charge in [-0.3, -0.25) is 14.6 Å². The van der Waals surface area contributed by atoms with E-state index >= 15 is 0 Å². The molecule has 1 amide bonds. The molecule has 0 aliphatic carbocycles. The molecule has 0 aliphatic rings. The summed E-state index contributed by atoms with van der Waals surface area (Å²) in [5.41, 5.74) is 1.39. The quantitative estimate of drug-likeness (QED) is 0.324.